The van der Waals surface area contributed by atoms with E-state index in [9.17, 15) is 9.59 Å². The fraction of sp³-hybridized carbons (Fsp3) is 0.450. The van der Waals surface area contributed by atoms with E-state index in [0.717, 1.165) is 5.56 Å². The van der Waals surface area contributed by atoms with E-state index in [0.29, 0.717) is 29.5 Å². The van der Waals surface area contributed by atoms with Crippen LogP contribution in [0.2, 0.25) is 5.02 Å². The third-order valence-electron chi connectivity index (χ3n) is 4.79. The standard InChI is InChI=1S/C20H24ClN3O5/c1-3-14-9-17(23-29-14)19(26)24-6-7-28-20(11-24,10-18(22)25)12-27-15-4-5-16(21)13(2)8-15/h4-5,8-9H,3,6-7,10-12H2,1-2H3,(H2,22,25)/t20-/m1/s1. The quantitative estimate of drug-likeness (QED) is 0.735. The molecular formula is C20H24ClN3O5. The topological polar surface area (TPSA) is 108 Å². The molecule has 0 aliphatic carbocycles. The number of aromatic nitrogens is 1. The van der Waals surface area contributed by atoms with Crippen LogP contribution in [0.5, 0.6) is 5.75 Å². The normalized spacial score (nSPS) is 19.2. The molecule has 0 radical (unpaired) electrons. The summed E-state index contributed by atoms with van der Waals surface area (Å²) in [7, 11) is 0. The molecule has 29 heavy (non-hydrogen) atoms. The molecule has 0 saturated carbocycles. The molecular weight excluding hydrogens is 398 g/mol. The monoisotopic (exact) mass is 421 g/mol. The van der Waals surface area contributed by atoms with Gasteiger partial charge in [0.05, 0.1) is 19.6 Å². The molecule has 1 fully saturated rings. The minimum atomic E-state index is -1.05. The number of carbonyl (C=O) groups is 2. The van der Waals surface area contributed by atoms with Crippen molar-refractivity contribution in [2.45, 2.75) is 32.3 Å². The Labute approximate surface area is 173 Å². The summed E-state index contributed by atoms with van der Waals surface area (Å²) in [5.74, 6) is 0.399. The van der Waals surface area contributed by atoms with E-state index in [1.165, 1.54) is 0 Å². The van der Waals surface area contributed by atoms with Crippen molar-refractivity contribution < 1.29 is 23.6 Å². The number of aryl methyl sites for hydroxylation is 2. The Hall–Kier alpha value is -2.58. The molecule has 1 aliphatic rings. The molecule has 0 spiro atoms. The molecule has 0 unspecified atom stereocenters. The van der Waals surface area contributed by atoms with Crippen molar-refractivity contribution >= 4 is 23.4 Å². The lowest BCUT2D eigenvalue weighted by molar-refractivity contribution is -0.142. The molecule has 3 rings (SSSR count). The van der Waals surface area contributed by atoms with Gasteiger partial charge in [-0.05, 0) is 30.7 Å². The first kappa shape index (κ1) is 21.1. The number of nitrogens with zero attached hydrogens (tertiary/aromatic N) is 2. The zero-order valence-electron chi connectivity index (χ0n) is 16.4. The van der Waals surface area contributed by atoms with E-state index in [-0.39, 0.29) is 37.8 Å². The Balaban J connectivity index is 1.76. The summed E-state index contributed by atoms with van der Waals surface area (Å²) >= 11 is 6.05. The number of primary amides is 1. The highest BCUT2D eigenvalue weighted by atomic mass is 35.5. The largest absolute Gasteiger partial charge is 0.490 e. The smallest absolute Gasteiger partial charge is 0.276 e. The number of nitrogens with two attached hydrogens (primary N) is 1. The number of hydrogen-bond acceptors (Lipinski definition) is 6. The highest BCUT2D eigenvalue weighted by molar-refractivity contribution is 6.31. The number of ether oxygens (including phenoxy) is 2. The van der Waals surface area contributed by atoms with Crippen LogP contribution < -0.4 is 10.5 Å². The van der Waals surface area contributed by atoms with E-state index in [1.54, 1.807) is 29.2 Å². The van der Waals surface area contributed by atoms with Crippen LogP contribution in [0, 0.1) is 6.92 Å². The van der Waals surface area contributed by atoms with Crippen molar-refractivity contribution in [2.24, 2.45) is 5.73 Å². The summed E-state index contributed by atoms with van der Waals surface area (Å²) in [5.41, 5.74) is 5.50. The Bertz CT molecular complexity index is 900. The number of amides is 2. The third kappa shape index (κ3) is 5.07. The summed E-state index contributed by atoms with van der Waals surface area (Å²) in [5, 5.41) is 4.47. The molecule has 1 saturated heterocycles. The summed E-state index contributed by atoms with van der Waals surface area (Å²) in [4.78, 5) is 26.1. The Morgan fingerprint density at radius 1 is 1.38 bits per heavy atom. The fourth-order valence-corrected chi connectivity index (χ4v) is 3.36. The molecule has 1 aromatic heterocycles. The molecule has 2 amide bonds. The molecule has 2 N–H and O–H groups in total. The molecule has 1 atom stereocenters. The van der Waals surface area contributed by atoms with Crippen LogP contribution >= 0.6 is 11.6 Å². The Morgan fingerprint density at radius 3 is 2.83 bits per heavy atom. The van der Waals surface area contributed by atoms with Gasteiger partial charge in [0.2, 0.25) is 5.91 Å². The summed E-state index contributed by atoms with van der Waals surface area (Å²) in [6.45, 7) is 4.61. The average Bonchev–Trinajstić information content (AvgIpc) is 3.17. The Morgan fingerprint density at radius 2 is 2.17 bits per heavy atom. The number of halogens is 1. The molecule has 1 aliphatic heterocycles. The second-order valence-electron chi connectivity index (χ2n) is 7.13. The number of carbonyl (C=O) groups excluding carboxylic acids is 2. The van der Waals surface area contributed by atoms with E-state index in [2.05, 4.69) is 5.16 Å². The van der Waals surface area contributed by atoms with Crippen molar-refractivity contribution in [3.63, 3.8) is 0 Å². The maximum atomic E-state index is 12.8. The lowest BCUT2D eigenvalue weighted by Gasteiger charge is -2.41. The predicted molar refractivity (Wildman–Crippen MR) is 106 cm³/mol. The van der Waals surface area contributed by atoms with Crippen LogP contribution in [0.4, 0.5) is 0 Å². The predicted octanol–water partition coefficient (Wildman–Crippen LogP) is 2.36. The van der Waals surface area contributed by atoms with E-state index < -0.39 is 11.5 Å². The maximum Gasteiger partial charge on any atom is 0.276 e. The zero-order valence-corrected chi connectivity index (χ0v) is 17.2. The zero-order chi connectivity index (χ0) is 21.0. The summed E-state index contributed by atoms with van der Waals surface area (Å²) in [6, 6.07) is 6.90. The molecule has 8 nitrogen and oxygen atoms in total. The number of morpholine rings is 1. The molecule has 2 aromatic rings. The van der Waals surface area contributed by atoms with Crippen molar-refractivity contribution in [3.05, 3.63) is 46.3 Å². The van der Waals surface area contributed by atoms with Crippen molar-refractivity contribution in [3.8, 4) is 5.75 Å². The highest BCUT2D eigenvalue weighted by Gasteiger charge is 2.41. The number of rotatable bonds is 7. The van der Waals surface area contributed by atoms with Crippen LogP contribution in [0.3, 0.4) is 0 Å². The van der Waals surface area contributed by atoms with Crippen LogP contribution in [0.15, 0.2) is 28.8 Å². The summed E-state index contributed by atoms with van der Waals surface area (Å²) in [6.07, 6.45) is 0.561. The first-order valence-electron chi connectivity index (χ1n) is 9.38. The van der Waals surface area contributed by atoms with Gasteiger partial charge in [0.15, 0.2) is 5.69 Å². The highest BCUT2D eigenvalue weighted by Crippen LogP contribution is 2.27. The number of benzene rings is 1. The van der Waals surface area contributed by atoms with Crippen molar-refractivity contribution in [1.29, 1.82) is 0 Å². The second kappa shape index (κ2) is 8.84. The van der Waals surface area contributed by atoms with Gasteiger partial charge in [-0.2, -0.15) is 0 Å². The van der Waals surface area contributed by atoms with Gasteiger partial charge >= 0.3 is 0 Å². The van der Waals surface area contributed by atoms with Gasteiger partial charge in [0, 0.05) is 24.1 Å². The first-order valence-corrected chi connectivity index (χ1v) is 9.76. The first-order chi connectivity index (χ1) is 13.8. The molecule has 9 heteroatoms. The minimum Gasteiger partial charge on any atom is -0.490 e. The Kier molecular flexibility index (Phi) is 6.44. The van der Waals surface area contributed by atoms with Gasteiger partial charge in [-0.1, -0.05) is 23.7 Å². The van der Waals surface area contributed by atoms with Crippen molar-refractivity contribution in [2.75, 3.05) is 26.3 Å². The van der Waals surface area contributed by atoms with Gasteiger partial charge in [-0.15, -0.1) is 0 Å². The van der Waals surface area contributed by atoms with E-state index in [4.69, 9.17) is 31.3 Å². The van der Waals surface area contributed by atoms with E-state index in [1.807, 2.05) is 13.8 Å². The summed E-state index contributed by atoms with van der Waals surface area (Å²) < 4.78 is 16.9. The maximum absolute atomic E-state index is 12.8. The van der Waals surface area contributed by atoms with Crippen LogP contribution in [-0.2, 0) is 16.0 Å². The fourth-order valence-electron chi connectivity index (χ4n) is 3.25. The van der Waals surface area contributed by atoms with Gasteiger partial charge in [-0.3, -0.25) is 9.59 Å². The molecule has 1 aromatic carbocycles. The van der Waals surface area contributed by atoms with Crippen LogP contribution in [0.1, 0.15) is 35.2 Å². The lowest BCUT2D eigenvalue weighted by atomic mass is 9.97. The minimum absolute atomic E-state index is 0.0554. The van der Waals surface area contributed by atoms with Gasteiger partial charge < -0.3 is 24.6 Å². The van der Waals surface area contributed by atoms with Crippen molar-refractivity contribution in [1.82, 2.24) is 10.1 Å². The second-order valence-corrected chi connectivity index (χ2v) is 7.54. The number of hydrogen-bond donors (Lipinski definition) is 1. The van der Waals surface area contributed by atoms with Crippen LogP contribution in [-0.4, -0.2) is 53.8 Å². The van der Waals surface area contributed by atoms with Gasteiger partial charge in [0.25, 0.3) is 5.91 Å². The average molecular weight is 422 g/mol. The lowest BCUT2D eigenvalue weighted by Crippen LogP contribution is -2.58. The van der Waals surface area contributed by atoms with Crippen LogP contribution in [0.25, 0.3) is 0 Å². The third-order valence-corrected chi connectivity index (χ3v) is 5.21. The van der Waals surface area contributed by atoms with Gasteiger partial charge in [-0.25, -0.2) is 0 Å². The molecule has 156 valence electrons. The molecule has 2 heterocycles. The SMILES string of the molecule is CCc1cc(C(=O)N2CCO[C@](COc3ccc(Cl)c(C)c3)(CC(N)=O)C2)no1. The molecule has 0 bridgehead atoms. The van der Waals surface area contributed by atoms with Gasteiger partial charge in [0.1, 0.15) is 23.7 Å². The van der Waals surface area contributed by atoms with E-state index >= 15 is 0 Å².